The van der Waals surface area contributed by atoms with E-state index in [2.05, 4.69) is 0 Å². The predicted molar refractivity (Wildman–Crippen MR) is 67.1 cm³/mol. The van der Waals surface area contributed by atoms with Crippen molar-refractivity contribution in [3.8, 4) is 0 Å². The summed E-state index contributed by atoms with van der Waals surface area (Å²) >= 11 is 0. The van der Waals surface area contributed by atoms with Gasteiger partial charge in [0.15, 0.2) is 0 Å². The van der Waals surface area contributed by atoms with Gasteiger partial charge in [0, 0.05) is 16.7 Å². The Kier molecular flexibility index (Phi) is 2.97. The summed E-state index contributed by atoms with van der Waals surface area (Å²) in [7, 11) is -3.32. The number of rotatable bonds is 3. The van der Waals surface area contributed by atoms with E-state index in [1.807, 2.05) is 13.8 Å². The molecule has 2 rings (SSSR count). The molecule has 0 atom stereocenters. The molecule has 5 heteroatoms. The summed E-state index contributed by atoms with van der Waals surface area (Å²) in [5, 5.41) is 1.26. The van der Waals surface area contributed by atoms with Crippen LogP contribution in [-0.4, -0.2) is 21.1 Å². The normalized spacial score (nSPS) is 17.0. The molecule has 0 fully saturated rings. The second-order valence-electron chi connectivity index (χ2n) is 4.30. The van der Waals surface area contributed by atoms with Gasteiger partial charge in [-0.15, -0.1) is 0 Å². The molecular formula is C12H15NO3S. The van der Waals surface area contributed by atoms with Crippen LogP contribution in [-0.2, 0) is 14.6 Å². The predicted octanol–water partition coefficient (Wildman–Crippen LogP) is 1.82. The summed E-state index contributed by atoms with van der Waals surface area (Å²) in [5.41, 5.74) is 7.55. The van der Waals surface area contributed by atoms with Crippen molar-refractivity contribution < 1.29 is 13.2 Å². The second-order valence-corrected chi connectivity index (χ2v) is 6.07. The summed E-state index contributed by atoms with van der Waals surface area (Å²) in [5.74, 6) is 0. The first-order valence-electron chi connectivity index (χ1n) is 5.37. The highest BCUT2D eigenvalue weighted by Gasteiger charge is 2.26. The van der Waals surface area contributed by atoms with E-state index in [0.717, 1.165) is 0 Å². The van der Waals surface area contributed by atoms with Crippen LogP contribution in [0.4, 0.5) is 5.69 Å². The quantitative estimate of drug-likeness (QED) is 0.834. The number of anilines is 1. The number of benzene rings is 1. The summed E-state index contributed by atoms with van der Waals surface area (Å²) in [6.45, 7) is 4.10. The lowest BCUT2D eigenvalue weighted by Gasteiger charge is -2.09. The molecule has 0 aromatic heterocycles. The molecule has 0 amide bonds. The number of nitrogen functional groups attached to an aromatic ring is 1. The van der Waals surface area contributed by atoms with Crippen LogP contribution in [0.25, 0.3) is 5.57 Å². The average molecular weight is 253 g/mol. The van der Waals surface area contributed by atoms with Gasteiger partial charge in [0.25, 0.3) is 0 Å². The Labute approximate surface area is 101 Å². The molecule has 0 radical (unpaired) electrons. The highest BCUT2D eigenvalue weighted by Crippen LogP contribution is 2.34. The molecule has 0 saturated carbocycles. The first-order valence-corrected chi connectivity index (χ1v) is 6.92. The minimum Gasteiger partial charge on any atom is -0.399 e. The van der Waals surface area contributed by atoms with Crippen LogP contribution in [0.1, 0.15) is 19.4 Å². The highest BCUT2D eigenvalue weighted by molar-refractivity contribution is 7.95. The van der Waals surface area contributed by atoms with Gasteiger partial charge in [0.05, 0.1) is 17.6 Å². The molecule has 1 aromatic carbocycles. The maximum atomic E-state index is 11.8. The van der Waals surface area contributed by atoms with E-state index in [-0.39, 0.29) is 12.7 Å². The molecule has 1 heterocycles. The number of hydrogen-bond donors (Lipinski definition) is 1. The molecular weight excluding hydrogens is 238 g/mol. The van der Waals surface area contributed by atoms with Crippen LogP contribution >= 0.6 is 0 Å². The van der Waals surface area contributed by atoms with Gasteiger partial charge in [0.1, 0.15) is 0 Å². The van der Waals surface area contributed by atoms with Gasteiger partial charge < -0.3 is 10.5 Å². The molecule has 4 nitrogen and oxygen atoms in total. The van der Waals surface area contributed by atoms with Crippen LogP contribution in [0.5, 0.6) is 0 Å². The van der Waals surface area contributed by atoms with Crippen LogP contribution in [0.3, 0.4) is 0 Å². The summed E-state index contributed by atoms with van der Waals surface area (Å²) < 4.78 is 29.1. The third kappa shape index (κ3) is 2.35. The molecule has 0 unspecified atom stereocenters. The van der Waals surface area contributed by atoms with Gasteiger partial charge in [-0.3, -0.25) is 0 Å². The van der Waals surface area contributed by atoms with Gasteiger partial charge in [-0.2, -0.15) is 0 Å². The molecule has 0 aliphatic carbocycles. The van der Waals surface area contributed by atoms with Crippen molar-refractivity contribution in [2.45, 2.75) is 24.8 Å². The van der Waals surface area contributed by atoms with Gasteiger partial charge >= 0.3 is 0 Å². The third-order valence-electron chi connectivity index (χ3n) is 2.53. The van der Waals surface area contributed by atoms with Crippen molar-refractivity contribution in [3.63, 3.8) is 0 Å². The molecule has 0 spiro atoms. The molecule has 1 aliphatic rings. The fraction of sp³-hybridized carbons (Fsp3) is 0.333. The smallest absolute Gasteiger partial charge is 0.200 e. The number of sulfone groups is 1. The number of nitrogens with two attached hydrogens (primary N) is 1. The SMILES string of the molecule is CC(C)OCC1=CS(=O)(=O)c2ccc(N)cc21. The monoisotopic (exact) mass is 253 g/mol. The standard InChI is InChI=1S/C12H15NO3S/c1-8(2)16-6-9-7-17(14,15)12-4-3-10(13)5-11(9)12/h3-5,7-8H,6,13H2,1-2H3. The lowest BCUT2D eigenvalue weighted by molar-refractivity contribution is 0.107. The van der Waals surface area contributed by atoms with E-state index in [0.29, 0.717) is 21.7 Å². The Morgan fingerprint density at radius 2 is 2.06 bits per heavy atom. The topological polar surface area (TPSA) is 69.4 Å². The third-order valence-corrected chi connectivity index (χ3v) is 4.09. The van der Waals surface area contributed by atoms with E-state index in [9.17, 15) is 8.42 Å². The van der Waals surface area contributed by atoms with E-state index < -0.39 is 9.84 Å². The van der Waals surface area contributed by atoms with Crippen molar-refractivity contribution >= 4 is 21.1 Å². The van der Waals surface area contributed by atoms with E-state index in [1.165, 1.54) is 5.41 Å². The summed E-state index contributed by atoms with van der Waals surface area (Å²) in [6.07, 6.45) is 0.0590. The fourth-order valence-corrected chi connectivity index (χ4v) is 3.18. The Balaban J connectivity index is 2.41. The lowest BCUT2D eigenvalue weighted by atomic mass is 10.1. The molecule has 0 saturated heterocycles. The second kappa shape index (κ2) is 4.16. The summed E-state index contributed by atoms with van der Waals surface area (Å²) in [4.78, 5) is 0.314. The van der Waals surface area contributed by atoms with Crippen molar-refractivity contribution in [2.75, 3.05) is 12.3 Å². The van der Waals surface area contributed by atoms with E-state index >= 15 is 0 Å². The molecule has 1 aliphatic heterocycles. The van der Waals surface area contributed by atoms with Gasteiger partial charge in [0.2, 0.25) is 9.84 Å². The Morgan fingerprint density at radius 3 is 2.71 bits per heavy atom. The maximum Gasteiger partial charge on any atom is 0.200 e. The van der Waals surface area contributed by atoms with E-state index in [4.69, 9.17) is 10.5 Å². The van der Waals surface area contributed by atoms with Gasteiger partial charge in [-0.1, -0.05) is 0 Å². The average Bonchev–Trinajstić information content (AvgIpc) is 2.47. The van der Waals surface area contributed by atoms with Crippen LogP contribution < -0.4 is 5.73 Å². The van der Waals surface area contributed by atoms with Crippen molar-refractivity contribution in [2.24, 2.45) is 0 Å². The Bertz CT molecular complexity index is 573. The highest BCUT2D eigenvalue weighted by atomic mass is 32.2. The van der Waals surface area contributed by atoms with Crippen molar-refractivity contribution in [3.05, 3.63) is 29.2 Å². The molecule has 1 aromatic rings. The largest absolute Gasteiger partial charge is 0.399 e. The van der Waals surface area contributed by atoms with Crippen molar-refractivity contribution in [1.29, 1.82) is 0 Å². The van der Waals surface area contributed by atoms with Crippen molar-refractivity contribution in [1.82, 2.24) is 0 Å². The zero-order valence-electron chi connectivity index (χ0n) is 9.80. The fourth-order valence-electron chi connectivity index (χ4n) is 1.73. The minimum absolute atomic E-state index is 0.0590. The maximum absolute atomic E-state index is 11.8. The lowest BCUT2D eigenvalue weighted by Crippen LogP contribution is -2.05. The van der Waals surface area contributed by atoms with E-state index in [1.54, 1.807) is 18.2 Å². The Hall–Kier alpha value is -1.33. The van der Waals surface area contributed by atoms with Gasteiger partial charge in [-0.05, 0) is 37.6 Å². The van der Waals surface area contributed by atoms with Gasteiger partial charge in [-0.25, -0.2) is 8.42 Å². The molecule has 2 N–H and O–H groups in total. The van der Waals surface area contributed by atoms with Crippen LogP contribution in [0, 0.1) is 0 Å². The zero-order valence-corrected chi connectivity index (χ0v) is 10.6. The zero-order chi connectivity index (χ0) is 12.6. The van der Waals surface area contributed by atoms with Crippen LogP contribution in [0.2, 0.25) is 0 Å². The minimum atomic E-state index is -3.32. The Morgan fingerprint density at radius 1 is 1.35 bits per heavy atom. The van der Waals surface area contributed by atoms with Crippen LogP contribution in [0.15, 0.2) is 28.5 Å². The number of ether oxygens (including phenoxy) is 1. The molecule has 92 valence electrons. The number of fused-ring (bicyclic) bond motifs is 1. The number of hydrogen-bond acceptors (Lipinski definition) is 4. The first-order chi connectivity index (χ1) is 7.90. The summed E-state index contributed by atoms with van der Waals surface area (Å²) in [6, 6.07) is 4.81. The molecule has 17 heavy (non-hydrogen) atoms. The molecule has 0 bridgehead atoms. The first kappa shape index (κ1) is 12.1.